The van der Waals surface area contributed by atoms with Crippen molar-refractivity contribution in [1.29, 1.82) is 0 Å². The molecule has 0 aliphatic carbocycles. The van der Waals surface area contributed by atoms with Crippen LogP contribution >= 0.6 is 0 Å². The van der Waals surface area contributed by atoms with Gasteiger partial charge in [-0.1, -0.05) is 5.11 Å². The van der Waals surface area contributed by atoms with Crippen LogP contribution in [0.5, 0.6) is 0 Å². The van der Waals surface area contributed by atoms with E-state index in [4.69, 9.17) is 10.3 Å². The molecular formula is C6H7N5O2. The molecule has 0 aromatic carbocycles. The van der Waals surface area contributed by atoms with Gasteiger partial charge in [0.15, 0.2) is 0 Å². The molecule has 0 bridgehead atoms. The van der Waals surface area contributed by atoms with Crippen molar-refractivity contribution in [2.75, 3.05) is 13.2 Å². The second-order valence-corrected chi connectivity index (χ2v) is 2.04. The van der Waals surface area contributed by atoms with Crippen LogP contribution in [0, 0.1) is 0 Å². The molecule has 0 amide bonds. The molecule has 1 aromatic heterocycles. The van der Waals surface area contributed by atoms with Crippen molar-refractivity contribution in [2.24, 2.45) is 5.11 Å². The lowest BCUT2D eigenvalue weighted by Crippen LogP contribution is -2.13. The minimum absolute atomic E-state index is 0.0705. The number of hydrogen-bond acceptors (Lipinski definition) is 4. The minimum atomic E-state index is -0.536. The van der Waals surface area contributed by atoms with Gasteiger partial charge in [0.25, 0.3) is 0 Å². The topological polar surface area (TPSA) is 92.9 Å². The molecule has 0 unspecified atom stereocenters. The van der Waals surface area contributed by atoms with Gasteiger partial charge in [0.2, 0.25) is 0 Å². The highest BCUT2D eigenvalue weighted by molar-refractivity contribution is 5.69. The fourth-order valence-electron chi connectivity index (χ4n) is 0.660. The Morgan fingerprint density at radius 1 is 1.77 bits per heavy atom. The Morgan fingerprint density at radius 2 is 2.62 bits per heavy atom. The Balaban J connectivity index is 2.30. The number of azide groups is 1. The highest BCUT2D eigenvalue weighted by Crippen LogP contribution is 1.89. The maximum atomic E-state index is 11.0. The smallest absolute Gasteiger partial charge is 0.419 e. The number of carbonyl (C=O) groups excluding carboxylic acids is 1. The first-order valence-electron chi connectivity index (χ1n) is 3.50. The third kappa shape index (κ3) is 2.84. The monoisotopic (exact) mass is 181 g/mol. The standard InChI is InChI=1S/C6H7N5O2/c7-10-9-2-4-13-6(12)11-3-1-8-5-11/h1,3,5H,2,4H2. The third-order valence-electron chi connectivity index (χ3n) is 1.20. The Labute approximate surface area is 73.6 Å². The summed E-state index contributed by atoms with van der Waals surface area (Å²) < 4.78 is 5.90. The van der Waals surface area contributed by atoms with Gasteiger partial charge in [0.1, 0.15) is 6.33 Å². The first-order valence-corrected chi connectivity index (χ1v) is 3.50. The molecule has 0 fully saturated rings. The van der Waals surface area contributed by atoms with E-state index in [9.17, 15) is 4.79 Å². The summed E-state index contributed by atoms with van der Waals surface area (Å²) in [5.41, 5.74) is 7.92. The van der Waals surface area contributed by atoms with E-state index in [1.54, 1.807) is 0 Å². The van der Waals surface area contributed by atoms with E-state index >= 15 is 0 Å². The molecule has 1 heterocycles. The fourth-order valence-corrected chi connectivity index (χ4v) is 0.660. The van der Waals surface area contributed by atoms with Crippen LogP contribution in [0.3, 0.4) is 0 Å². The highest BCUT2D eigenvalue weighted by atomic mass is 16.5. The van der Waals surface area contributed by atoms with Crippen LogP contribution < -0.4 is 0 Å². The van der Waals surface area contributed by atoms with E-state index in [-0.39, 0.29) is 13.2 Å². The SMILES string of the molecule is [N-]=[N+]=NCCOC(=O)n1ccnc1. The molecule has 7 nitrogen and oxygen atoms in total. The molecule has 1 aromatic rings. The summed E-state index contributed by atoms with van der Waals surface area (Å²) >= 11 is 0. The van der Waals surface area contributed by atoms with E-state index in [1.165, 1.54) is 23.3 Å². The number of hydrogen-bond donors (Lipinski definition) is 0. The van der Waals surface area contributed by atoms with Crippen LogP contribution in [0.25, 0.3) is 10.4 Å². The molecule has 1 rings (SSSR count). The molecule has 0 radical (unpaired) electrons. The molecule has 0 spiro atoms. The summed E-state index contributed by atoms with van der Waals surface area (Å²) in [6, 6.07) is 0. The Bertz CT molecular complexity index is 314. The van der Waals surface area contributed by atoms with E-state index in [2.05, 4.69) is 15.0 Å². The van der Waals surface area contributed by atoms with Gasteiger partial charge in [-0.05, 0) is 5.53 Å². The lowest BCUT2D eigenvalue weighted by Gasteiger charge is -2.00. The van der Waals surface area contributed by atoms with Gasteiger partial charge < -0.3 is 4.74 Å². The van der Waals surface area contributed by atoms with E-state index < -0.39 is 6.09 Å². The molecule has 0 saturated heterocycles. The number of aromatic nitrogens is 2. The Kier molecular flexibility index (Phi) is 3.34. The molecule has 0 atom stereocenters. The zero-order valence-electron chi connectivity index (χ0n) is 6.70. The molecular weight excluding hydrogens is 174 g/mol. The summed E-state index contributed by atoms with van der Waals surface area (Å²) in [6.07, 6.45) is 3.73. The molecule has 0 saturated carbocycles. The first-order chi connectivity index (χ1) is 6.34. The van der Waals surface area contributed by atoms with Crippen LogP contribution in [-0.2, 0) is 4.74 Å². The maximum absolute atomic E-state index is 11.0. The predicted molar refractivity (Wildman–Crippen MR) is 43.0 cm³/mol. The quantitative estimate of drug-likeness (QED) is 0.303. The van der Waals surface area contributed by atoms with Crippen molar-refractivity contribution >= 4 is 6.09 Å². The largest absolute Gasteiger partial charge is 0.449 e. The molecule has 13 heavy (non-hydrogen) atoms. The van der Waals surface area contributed by atoms with Crippen LogP contribution in [0.2, 0.25) is 0 Å². The summed E-state index contributed by atoms with van der Waals surface area (Å²) in [5, 5.41) is 3.20. The molecule has 7 heteroatoms. The molecule has 0 aliphatic heterocycles. The number of carbonyl (C=O) groups is 1. The number of rotatable bonds is 3. The van der Waals surface area contributed by atoms with Gasteiger partial charge in [-0.2, -0.15) is 0 Å². The summed E-state index contributed by atoms with van der Waals surface area (Å²) in [6.45, 7) is 0.206. The second kappa shape index (κ2) is 4.78. The van der Waals surface area contributed by atoms with E-state index in [0.29, 0.717) is 0 Å². The van der Waals surface area contributed by atoms with Crippen LogP contribution in [0.1, 0.15) is 0 Å². The van der Waals surface area contributed by atoms with E-state index in [0.717, 1.165) is 0 Å². The van der Waals surface area contributed by atoms with Crippen LogP contribution in [0.15, 0.2) is 23.8 Å². The van der Waals surface area contributed by atoms with Gasteiger partial charge in [-0.15, -0.1) is 0 Å². The van der Waals surface area contributed by atoms with Crippen molar-refractivity contribution in [3.63, 3.8) is 0 Å². The summed E-state index contributed by atoms with van der Waals surface area (Å²) in [4.78, 5) is 17.2. The van der Waals surface area contributed by atoms with Gasteiger partial charge in [-0.3, -0.25) is 0 Å². The minimum Gasteiger partial charge on any atom is -0.449 e. The number of imidazole rings is 1. The zero-order chi connectivity index (χ0) is 9.52. The van der Waals surface area contributed by atoms with Crippen molar-refractivity contribution in [2.45, 2.75) is 0 Å². The first kappa shape index (κ1) is 9.08. The summed E-state index contributed by atoms with van der Waals surface area (Å²) in [7, 11) is 0. The van der Waals surface area contributed by atoms with Crippen molar-refractivity contribution < 1.29 is 9.53 Å². The number of nitrogens with zero attached hydrogens (tertiary/aromatic N) is 5. The number of ether oxygens (including phenoxy) is 1. The Morgan fingerprint density at radius 3 is 3.23 bits per heavy atom. The normalized spacial score (nSPS) is 8.92. The maximum Gasteiger partial charge on any atom is 0.419 e. The van der Waals surface area contributed by atoms with Crippen molar-refractivity contribution in [3.8, 4) is 0 Å². The van der Waals surface area contributed by atoms with Gasteiger partial charge >= 0.3 is 6.09 Å². The average molecular weight is 181 g/mol. The molecule has 0 N–H and O–H groups in total. The zero-order valence-corrected chi connectivity index (χ0v) is 6.70. The third-order valence-corrected chi connectivity index (χ3v) is 1.20. The van der Waals surface area contributed by atoms with Crippen LogP contribution in [0.4, 0.5) is 4.79 Å². The van der Waals surface area contributed by atoms with E-state index in [1.807, 2.05) is 0 Å². The van der Waals surface area contributed by atoms with Gasteiger partial charge in [0.05, 0.1) is 13.2 Å². The predicted octanol–water partition coefficient (Wildman–Crippen LogP) is 1.18. The van der Waals surface area contributed by atoms with Crippen LogP contribution in [-0.4, -0.2) is 28.8 Å². The lowest BCUT2D eigenvalue weighted by molar-refractivity contribution is 0.151. The lowest BCUT2D eigenvalue weighted by atomic mass is 10.7. The van der Waals surface area contributed by atoms with Crippen molar-refractivity contribution in [3.05, 3.63) is 29.2 Å². The second-order valence-electron chi connectivity index (χ2n) is 2.04. The van der Waals surface area contributed by atoms with Gasteiger partial charge in [-0.25, -0.2) is 14.3 Å². The summed E-state index contributed by atoms with van der Waals surface area (Å²) in [5.74, 6) is 0. The van der Waals surface area contributed by atoms with Crippen molar-refractivity contribution in [1.82, 2.24) is 9.55 Å². The fraction of sp³-hybridized carbons (Fsp3) is 0.333. The Hall–Kier alpha value is -2.01. The molecule has 0 aliphatic rings. The molecule has 68 valence electrons. The average Bonchev–Trinajstić information content (AvgIpc) is 2.65. The van der Waals surface area contributed by atoms with Gasteiger partial charge in [0, 0.05) is 17.3 Å². The highest BCUT2D eigenvalue weighted by Gasteiger charge is 2.02.